The lowest BCUT2D eigenvalue weighted by molar-refractivity contribution is -0.146. The molecule has 0 atom stereocenters. The summed E-state index contributed by atoms with van der Waals surface area (Å²) in [5.41, 5.74) is 6.41. The van der Waals surface area contributed by atoms with Crippen molar-refractivity contribution in [2.45, 2.75) is 13.8 Å². The summed E-state index contributed by atoms with van der Waals surface area (Å²) in [6.45, 7) is 3.61. The fourth-order valence-corrected chi connectivity index (χ4v) is 2.21. The highest BCUT2D eigenvalue weighted by Crippen LogP contribution is 2.22. The fourth-order valence-electron chi connectivity index (χ4n) is 2.21. The van der Waals surface area contributed by atoms with Gasteiger partial charge in [0, 0.05) is 0 Å². The Kier molecular flexibility index (Phi) is 5.36. The van der Waals surface area contributed by atoms with Crippen molar-refractivity contribution in [1.82, 2.24) is 0 Å². The van der Waals surface area contributed by atoms with Crippen LogP contribution in [0.2, 0.25) is 0 Å². The Morgan fingerprint density at radius 2 is 1.48 bits per heavy atom. The van der Waals surface area contributed by atoms with E-state index in [1.165, 1.54) is 0 Å². The maximum absolute atomic E-state index is 12.1. The molecule has 23 heavy (non-hydrogen) atoms. The molecule has 0 unspecified atom stereocenters. The molecule has 0 saturated heterocycles. The van der Waals surface area contributed by atoms with Crippen molar-refractivity contribution >= 4 is 28.4 Å². The molecule has 0 aliphatic carbocycles. The molecule has 2 aromatic rings. The van der Waals surface area contributed by atoms with Crippen LogP contribution in [0.25, 0.3) is 16.5 Å². The maximum Gasteiger partial charge on any atom is 0.347 e. The summed E-state index contributed by atoms with van der Waals surface area (Å²) in [5.74, 6) is -1.56. The van der Waals surface area contributed by atoms with Gasteiger partial charge in [-0.1, -0.05) is 36.4 Å². The zero-order chi connectivity index (χ0) is 16.8. The Hall–Kier alpha value is -2.82. The Balaban J connectivity index is 2.53. The summed E-state index contributed by atoms with van der Waals surface area (Å²) in [5, 5.41) is 2.00. The number of hydrogen-bond acceptors (Lipinski definition) is 5. The first kappa shape index (κ1) is 16.5. The highest BCUT2D eigenvalue weighted by molar-refractivity contribution is 6.19. The average Bonchev–Trinajstić information content (AvgIpc) is 2.55. The zero-order valence-corrected chi connectivity index (χ0v) is 13.2. The van der Waals surface area contributed by atoms with Crippen molar-refractivity contribution in [2.75, 3.05) is 13.2 Å². The molecule has 2 rings (SSSR count). The zero-order valence-electron chi connectivity index (χ0n) is 13.2. The predicted octanol–water partition coefficient (Wildman–Crippen LogP) is 2.64. The highest BCUT2D eigenvalue weighted by atomic mass is 16.6. The normalized spacial score (nSPS) is 10.2. The van der Waals surface area contributed by atoms with E-state index in [1.54, 1.807) is 19.9 Å². The van der Waals surface area contributed by atoms with Gasteiger partial charge in [0.25, 0.3) is 0 Å². The van der Waals surface area contributed by atoms with E-state index in [0.29, 0.717) is 5.56 Å². The molecule has 0 amide bonds. The second kappa shape index (κ2) is 7.45. The van der Waals surface area contributed by atoms with Gasteiger partial charge in [-0.15, -0.1) is 0 Å². The summed E-state index contributed by atoms with van der Waals surface area (Å²) in [6, 6.07) is 13.2. The average molecular weight is 313 g/mol. The van der Waals surface area contributed by atoms with Gasteiger partial charge in [0.1, 0.15) is 0 Å². The van der Waals surface area contributed by atoms with Gasteiger partial charge in [0.2, 0.25) is 0 Å². The Morgan fingerprint density at radius 1 is 0.913 bits per heavy atom. The summed E-state index contributed by atoms with van der Waals surface area (Å²) < 4.78 is 9.85. The molecular formula is C18H19NO4. The van der Waals surface area contributed by atoms with E-state index in [2.05, 4.69) is 0 Å². The SMILES string of the molecule is CCOC(=O)C(C(=O)OCC)=C(N)c1ccc2ccccc2c1. The van der Waals surface area contributed by atoms with Crippen molar-refractivity contribution in [3.05, 3.63) is 53.6 Å². The van der Waals surface area contributed by atoms with Crippen molar-refractivity contribution in [3.8, 4) is 0 Å². The van der Waals surface area contributed by atoms with Crippen molar-refractivity contribution < 1.29 is 19.1 Å². The minimum absolute atomic E-state index is 0.0488. The Labute approximate surface area is 134 Å². The summed E-state index contributed by atoms with van der Waals surface area (Å²) in [7, 11) is 0. The van der Waals surface area contributed by atoms with Gasteiger partial charge in [0.15, 0.2) is 5.57 Å². The van der Waals surface area contributed by atoms with E-state index in [4.69, 9.17) is 15.2 Å². The van der Waals surface area contributed by atoms with Crippen LogP contribution in [0, 0.1) is 0 Å². The lowest BCUT2D eigenvalue weighted by Crippen LogP contribution is -2.22. The predicted molar refractivity (Wildman–Crippen MR) is 88.3 cm³/mol. The van der Waals surface area contributed by atoms with Crippen molar-refractivity contribution in [2.24, 2.45) is 5.73 Å². The van der Waals surface area contributed by atoms with Crippen LogP contribution in [0.1, 0.15) is 19.4 Å². The third kappa shape index (κ3) is 3.69. The fraction of sp³-hybridized carbons (Fsp3) is 0.222. The molecule has 5 nitrogen and oxygen atoms in total. The maximum atomic E-state index is 12.1. The third-order valence-electron chi connectivity index (χ3n) is 3.29. The molecule has 2 aromatic carbocycles. The molecule has 0 saturated carbocycles. The number of benzene rings is 2. The largest absolute Gasteiger partial charge is 0.462 e. The van der Waals surface area contributed by atoms with Gasteiger partial charge in [0.05, 0.1) is 18.9 Å². The lowest BCUT2D eigenvalue weighted by Gasteiger charge is -2.11. The first-order valence-corrected chi connectivity index (χ1v) is 7.41. The first-order chi connectivity index (χ1) is 11.1. The Bertz CT molecular complexity index is 744. The molecule has 0 aliphatic heterocycles. The van der Waals surface area contributed by atoms with Crippen LogP contribution >= 0.6 is 0 Å². The minimum Gasteiger partial charge on any atom is -0.462 e. The molecule has 0 bridgehead atoms. The number of fused-ring (bicyclic) bond motifs is 1. The van der Waals surface area contributed by atoms with Crippen LogP contribution in [-0.4, -0.2) is 25.2 Å². The Morgan fingerprint density at radius 3 is 2.04 bits per heavy atom. The molecular weight excluding hydrogens is 294 g/mol. The summed E-state index contributed by atoms with van der Waals surface area (Å²) in [6.07, 6.45) is 0. The van der Waals surface area contributed by atoms with Crippen LogP contribution in [0.5, 0.6) is 0 Å². The number of rotatable bonds is 5. The molecule has 0 spiro atoms. The van der Waals surface area contributed by atoms with E-state index in [0.717, 1.165) is 10.8 Å². The van der Waals surface area contributed by atoms with E-state index in [-0.39, 0.29) is 24.5 Å². The number of carbonyl (C=O) groups is 2. The van der Waals surface area contributed by atoms with Gasteiger partial charge in [-0.3, -0.25) is 0 Å². The highest BCUT2D eigenvalue weighted by Gasteiger charge is 2.25. The second-order valence-electron chi connectivity index (χ2n) is 4.79. The number of nitrogens with two attached hydrogens (primary N) is 1. The van der Waals surface area contributed by atoms with Crippen molar-refractivity contribution in [3.63, 3.8) is 0 Å². The van der Waals surface area contributed by atoms with Crippen LogP contribution in [0.4, 0.5) is 0 Å². The standard InChI is InChI=1S/C18H19NO4/c1-3-22-17(20)15(18(21)23-4-2)16(19)14-10-9-12-7-5-6-8-13(12)11-14/h5-11H,3-4,19H2,1-2H3. The van der Waals surface area contributed by atoms with Gasteiger partial charge in [-0.25, -0.2) is 9.59 Å². The van der Waals surface area contributed by atoms with Crippen LogP contribution in [0.15, 0.2) is 48.0 Å². The van der Waals surface area contributed by atoms with Gasteiger partial charge < -0.3 is 15.2 Å². The molecule has 120 valence electrons. The summed E-state index contributed by atoms with van der Waals surface area (Å²) in [4.78, 5) is 24.2. The topological polar surface area (TPSA) is 78.6 Å². The van der Waals surface area contributed by atoms with Crippen LogP contribution in [0.3, 0.4) is 0 Å². The molecule has 0 aromatic heterocycles. The van der Waals surface area contributed by atoms with Crippen LogP contribution < -0.4 is 5.73 Å². The van der Waals surface area contributed by atoms with E-state index >= 15 is 0 Å². The number of ether oxygens (including phenoxy) is 2. The number of hydrogen-bond donors (Lipinski definition) is 1. The quantitative estimate of drug-likeness (QED) is 0.397. The van der Waals surface area contributed by atoms with Crippen LogP contribution in [-0.2, 0) is 19.1 Å². The molecule has 0 aliphatic rings. The molecule has 5 heteroatoms. The summed E-state index contributed by atoms with van der Waals surface area (Å²) >= 11 is 0. The minimum atomic E-state index is -0.781. The van der Waals surface area contributed by atoms with Gasteiger partial charge in [-0.2, -0.15) is 0 Å². The molecule has 0 fully saturated rings. The van der Waals surface area contributed by atoms with Crippen molar-refractivity contribution in [1.29, 1.82) is 0 Å². The van der Waals surface area contributed by atoms with Gasteiger partial charge >= 0.3 is 11.9 Å². The van der Waals surface area contributed by atoms with E-state index in [9.17, 15) is 9.59 Å². The second-order valence-corrected chi connectivity index (χ2v) is 4.79. The third-order valence-corrected chi connectivity index (χ3v) is 3.29. The lowest BCUT2D eigenvalue weighted by atomic mass is 10.0. The monoisotopic (exact) mass is 313 g/mol. The smallest absolute Gasteiger partial charge is 0.347 e. The van der Waals surface area contributed by atoms with E-state index < -0.39 is 11.9 Å². The van der Waals surface area contributed by atoms with Gasteiger partial charge in [-0.05, 0) is 36.2 Å². The molecule has 0 radical (unpaired) electrons. The number of carbonyl (C=O) groups excluding carboxylic acids is 2. The van der Waals surface area contributed by atoms with E-state index in [1.807, 2.05) is 36.4 Å². The molecule has 0 heterocycles. The first-order valence-electron chi connectivity index (χ1n) is 7.41. The molecule has 2 N–H and O–H groups in total. The number of esters is 2.